The lowest BCUT2D eigenvalue weighted by molar-refractivity contribution is 0.926. The Balaban J connectivity index is 1.97. The summed E-state index contributed by atoms with van der Waals surface area (Å²) in [7, 11) is 0. The minimum Gasteiger partial charge on any atom is -0.359 e. The number of benzene rings is 2. The maximum Gasteiger partial charge on any atom is 0.127 e. The third kappa shape index (κ3) is 3.50. The second kappa shape index (κ2) is 6.55. The molecule has 0 bridgehead atoms. The maximum atomic E-state index is 4.39. The third-order valence-corrected chi connectivity index (χ3v) is 3.77. The molecule has 0 radical (unpaired) electrons. The standard InChI is InChI=1S/C18H15BrN2/c19-16-11-12-20-17(13-16)21-18(14-7-3-1-4-8-14)15-9-5-2-6-10-15/h1-13,18H,(H,20,21). The summed E-state index contributed by atoms with van der Waals surface area (Å²) >= 11 is 3.48. The Morgan fingerprint density at radius 3 is 1.90 bits per heavy atom. The number of rotatable bonds is 4. The first-order chi connectivity index (χ1) is 10.3. The molecule has 0 spiro atoms. The highest BCUT2D eigenvalue weighted by Crippen LogP contribution is 2.26. The SMILES string of the molecule is Brc1ccnc(NC(c2ccccc2)c2ccccc2)c1. The molecule has 1 N–H and O–H groups in total. The summed E-state index contributed by atoms with van der Waals surface area (Å²) in [5.41, 5.74) is 2.43. The predicted molar refractivity (Wildman–Crippen MR) is 90.3 cm³/mol. The van der Waals surface area contributed by atoms with Gasteiger partial charge in [-0.25, -0.2) is 4.98 Å². The largest absolute Gasteiger partial charge is 0.359 e. The summed E-state index contributed by atoms with van der Waals surface area (Å²) in [6.07, 6.45) is 1.79. The summed E-state index contributed by atoms with van der Waals surface area (Å²) in [5.74, 6) is 0.849. The third-order valence-electron chi connectivity index (χ3n) is 3.28. The average Bonchev–Trinajstić information content (AvgIpc) is 2.54. The number of pyridine rings is 1. The molecule has 0 atom stereocenters. The highest BCUT2D eigenvalue weighted by Gasteiger charge is 2.13. The van der Waals surface area contributed by atoms with Crippen molar-refractivity contribution >= 4 is 21.7 Å². The second-order valence-corrected chi connectivity index (χ2v) is 5.67. The molecular weight excluding hydrogens is 324 g/mol. The molecule has 3 rings (SSSR count). The molecular formula is C18H15BrN2. The van der Waals surface area contributed by atoms with Crippen molar-refractivity contribution in [2.45, 2.75) is 6.04 Å². The fourth-order valence-electron chi connectivity index (χ4n) is 2.28. The number of aromatic nitrogens is 1. The summed E-state index contributed by atoms with van der Waals surface area (Å²) in [5, 5.41) is 3.51. The lowest BCUT2D eigenvalue weighted by Gasteiger charge is -2.20. The van der Waals surface area contributed by atoms with Gasteiger partial charge in [-0.15, -0.1) is 0 Å². The lowest BCUT2D eigenvalue weighted by Crippen LogP contribution is -2.13. The van der Waals surface area contributed by atoms with E-state index in [-0.39, 0.29) is 6.04 Å². The van der Waals surface area contributed by atoms with Crippen LogP contribution in [-0.4, -0.2) is 4.98 Å². The molecule has 0 aliphatic heterocycles. The first-order valence-corrected chi connectivity index (χ1v) is 7.60. The van der Waals surface area contributed by atoms with E-state index in [0.29, 0.717) is 0 Å². The van der Waals surface area contributed by atoms with Crippen LogP contribution in [0.15, 0.2) is 83.5 Å². The molecule has 104 valence electrons. The lowest BCUT2D eigenvalue weighted by atomic mass is 9.99. The number of halogens is 1. The van der Waals surface area contributed by atoms with Gasteiger partial charge >= 0.3 is 0 Å². The molecule has 1 heterocycles. The van der Waals surface area contributed by atoms with Crippen LogP contribution < -0.4 is 5.32 Å². The van der Waals surface area contributed by atoms with Crippen LogP contribution in [0, 0.1) is 0 Å². The van der Waals surface area contributed by atoms with Gasteiger partial charge in [0, 0.05) is 10.7 Å². The number of nitrogens with zero attached hydrogens (tertiary/aromatic N) is 1. The zero-order valence-electron chi connectivity index (χ0n) is 11.4. The van der Waals surface area contributed by atoms with Crippen LogP contribution in [0.2, 0.25) is 0 Å². The monoisotopic (exact) mass is 338 g/mol. The van der Waals surface area contributed by atoms with E-state index >= 15 is 0 Å². The van der Waals surface area contributed by atoms with E-state index < -0.39 is 0 Å². The summed E-state index contributed by atoms with van der Waals surface area (Å²) < 4.78 is 1.01. The molecule has 21 heavy (non-hydrogen) atoms. The Labute approximate surface area is 133 Å². The van der Waals surface area contributed by atoms with Gasteiger partial charge in [0.1, 0.15) is 5.82 Å². The van der Waals surface area contributed by atoms with Gasteiger partial charge in [0.05, 0.1) is 6.04 Å². The van der Waals surface area contributed by atoms with Gasteiger partial charge < -0.3 is 5.32 Å². The smallest absolute Gasteiger partial charge is 0.127 e. The van der Waals surface area contributed by atoms with Crippen molar-refractivity contribution in [3.63, 3.8) is 0 Å². The minimum atomic E-state index is 0.0780. The molecule has 0 saturated carbocycles. The van der Waals surface area contributed by atoms with E-state index in [1.165, 1.54) is 11.1 Å². The molecule has 0 aliphatic carbocycles. The van der Waals surface area contributed by atoms with Crippen molar-refractivity contribution in [3.05, 3.63) is 94.6 Å². The minimum absolute atomic E-state index is 0.0780. The Morgan fingerprint density at radius 2 is 1.38 bits per heavy atom. The summed E-state index contributed by atoms with van der Waals surface area (Å²) in [4.78, 5) is 4.39. The normalized spacial score (nSPS) is 10.6. The Bertz CT molecular complexity index is 659. The molecule has 1 aromatic heterocycles. The van der Waals surface area contributed by atoms with Crippen molar-refractivity contribution in [3.8, 4) is 0 Å². The van der Waals surface area contributed by atoms with Crippen LogP contribution in [0.4, 0.5) is 5.82 Å². The zero-order valence-corrected chi connectivity index (χ0v) is 13.0. The molecule has 3 heteroatoms. The van der Waals surface area contributed by atoms with Crippen LogP contribution >= 0.6 is 15.9 Å². The molecule has 0 unspecified atom stereocenters. The van der Waals surface area contributed by atoms with Gasteiger partial charge in [0.15, 0.2) is 0 Å². The van der Waals surface area contributed by atoms with Gasteiger partial charge in [0.2, 0.25) is 0 Å². The van der Waals surface area contributed by atoms with Crippen molar-refractivity contribution in [2.75, 3.05) is 5.32 Å². The molecule has 2 aromatic carbocycles. The average molecular weight is 339 g/mol. The highest BCUT2D eigenvalue weighted by molar-refractivity contribution is 9.10. The number of nitrogens with one attached hydrogen (secondary N) is 1. The molecule has 0 amide bonds. The van der Waals surface area contributed by atoms with Gasteiger partial charge in [-0.05, 0) is 23.3 Å². The van der Waals surface area contributed by atoms with E-state index in [1.807, 2.05) is 24.3 Å². The first kappa shape index (κ1) is 13.8. The first-order valence-electron chi connectivity index (χ1n) is 6.81. The topological polar surface area (TPSA) is 24.9 Å². The van der Waals surface area contributed by atoms with Crippen LogP contribution in [-0.2, 0) is 0 Å². The quantitative estimate of drug-likeness (QED) is 0.720. The van der Waals surface area contributed by atoms with Crippen molar-refractivity contribution in [1.82, 2.24) is 4.98 Å². The van der Waals surface area contributed by atoms with E-state index in [1.54, 1.807) is 6.20 Å². The Kier molecular flexibility index (Phi) is 4.31. The van der Waals surface area contributed by atoms with Gasteiger partial charge in [-0.3, -0.25) is 0 Å². The van der Waals surface area contributed by atoms with Crippen LogP contribution in [0.25, 0.3) is 0 Å². The van der Waals surface area contributed by atoms with Crippen LogP contribution in [0.5, 0.6) is 0 Å². The van der Waals surface area contributed by atoms with E-state index in [4.69, 9.17) is 0 Å². The predicted octanol–water partition coefficient (Wildman–Crippen LogP) is 5.05. The van der Waals surface area contributed by atoms with E-state index in [2.05, 4.69) is 74.8 Å². The molecule has 3 aromatic rings. The van der Waals surface area contributed by atoms with E-state index in [0.717, 1.165) is 10.3 Å². The Morgan fingerprint density at radius 1 is 0.810 bits per heavy atom. The molecule has 0 aliphatic rings. The Hall–Kier alpha value is -2.13. The zero-order chi connectivity index (χ0) is 14.5. The molecule has 0 fully saturated rings. The van der Waals surface area contributed by atoms with E-state index in [9.17, 15) is 0 Å². The van der Waals surface area contributed by atoms with Gasteiger partial charge in [-0.1, -0.05) is 76.6 Å². The fourth-order valence-corrected chi connectivity index (χ4v) is 2.62. The van der Waals surface area contributed by atoms with Crippen molar-refractivity contribution in [1.29, 1.82) is 0 Å². The van der Waals surface area contributed by atoms with Gasteiger partial charge in [-0.2, -0.15) is 0 Å². The summed E-state index contributed by atoms with van der Waals surface area (Å²) in [6.45, 7) is 0. The van der Waals surface area contributed by atoms with Crippen LogP contribution in [0.1, 0.15) is 17.2 Å². The second-order valence-electron chi connectivity index (χ2n) is 4.76. The molecule has 0 saturated heterocycles. The van der Waals surface area contributed by atoms with Crippen molar-refractivity contribution in [2.24, 2.45) is 0 Å². The van der Waals surface area contributed by atoms with Crippen LogP contribution in [0.3, 0.4) is 0 Å². The number of hydrogen-bond acceptors (Lipinski definition) is 2. The molecule has 2 nitrogen and oxygen atoms in total. The number of anilines is 1. The maximum absolute atomic E-state index is 4.39. The number of hydrogen-bond donors (Lipinski definition) is 1. The van der Waals surface area contributed by atoms with Crippen molar-refractivity contribution < 1.29 is 0 Å². The van der Waals surface area contributed by atoms with Gasteiger partial charge in [0.25, 0.3) is 0 Å². The fraction of sp³-hybridized carbons (Fsp3) is 0.0556. The highest BCUT2D eigenvalue weighted by atomic mass is 79.9. The summed E-state index contributed by atoms with van der Waals surface area (Å²) in [6, 6.07) is 24.8.